The third kappa shape index (κ3) is 4.05. The number of aliphatic carboxylic acids is 1. The van der Waals surface area contributed by atoms with E-state index in [9.17, 15) is 9.90 Å². The minimum absolute atomic E-state index is 0.0163. The molecule has 0 amide bonds. The third-order valence-electron chi connectivity index (χ3n) is 3.52. The molecule has 2 atom stereocenters. The van der Waals surface area contributed by atoms with Gasteiger partial charge in [-0.05, 0) is 11.6 Å². The normalized spacial score (nSPS) is 23.8. The summed E-state index contributed by atoms with van der Waals surface area (Å²) >= 11 is 1.48. The number of ether oxygens (including phenoxy) is 1. The first kappa shape index (κ1) is 17.8. The van der Waals surface area contributed by atoms with Gasteiger partial charge in [-0.3, -0.25) is 0 Å². The second-order valence-electron chi connectivity index (χ2n) is 5.61. The van der Waals surface area contributed by atoms with Crippen LogP contribution in [-0.2, 0) is 9.53 Å². The first-order valence-corrected chi connectivity index (χ1v) is 8.49. The number of hydrogen-bond donors (Lipinski definition) is 2. The van der Waals surface area contributed by atoms with Gasteiger partial charge in [-0.15, -0.1) is 11.8 Å². The first-order chi connectivity index (χ1) is 11.0. The molecule has 1 aromatic rings. The molecule has 0 aliphatic heterocycles. The summed E-state index contributed by atoms with van der Waals surface area (Å²) in [5, 5.41) is 19.0. The maximum absolute atomic E-state index is 11.9. The fraction of sp³-hybridized carbons (Fsp3) is 0.389. The van der Waals surface area contributed by atoms with Crippen LogP contribution in [-0.4, -0.2) is 40.2 Å². The third-order valence-corrected chi connectivity index (χ3v) is 4.69. The van der Waals surface area contributed by atoms with Crippen molar-refractivity contribution < 1.29 is 19.7 Å². The van der Waals surface area contributed by atoms with Gasteiger partial charge >= 0.3 is 5.97 Å². The molecule has 0 aromatic heterocycles. The molecule has 1 aromatic carbocycles. The molecule has 2 unspecified atom stereocenters. The van der Waals surface area contributed by atoms with Gasteiger partial charge in [-0.1, -0.05) is 56.3 Å². The number of carboxylic acids is 1. The van der Waals surface area contributed by atoms with Gasteiger partial charge < -0.3 is 14.9 Å². The highest BCUT2D eigenvalue weighted by Gasteiger charge is 2.44. The fourth-order valence-corrected chi connectivity index (χ4v) is 3.61. The smallest absolute Gasteiger partial charge is 0.345 e. The second-order valence-corrected chi connectivity index (χ2v) is 7.22. The minimum atomic E-state index is -1.51. The Morgan fingerprint density at radius 2 is 2.04 bits per heavy atom. The molecule has 0 saturated carbocycles. The topological polar surface area (TPSA) is 66.8 Å². The average molecular weight is 334 g/mol. The Morgan fingerprint density at radius 1 is 1.35 bits per heavy atom. The van der Waals surface area contributed by atoms with E-state index in [1.165, 1.54) is 11.8 Å². The van der Waals surface area contributed by atoms with Crippen molar-refractivity contribution in [2.24, 2.45) is 0 Å². The number of hydrogen-bond acceptors (Lipinski definition) is 4. The average Bonchev–Trinajstić information content (AvgIpc) is 2.54. The highest BCUT2D eigenvalue weighted by Crippen LogP contribution is 2.41. The van der Waals surface area contributed by atoms with Crippen molar-refractivity contribution >= 4 is 17.7 Å². The molecule has 0 fully saturated rings. The minimum Gasteiger partial charge on any atom is -0.479 e. The largest absolute Gasteiger partial charge is 0.479 e. The SMILES string of the molecule is CC(C)SC1=CC(c2ccccc2)C=CC1(OCCO)C(=O)O. The lowest BCUT2D eigenvalue weighted by Crippen LogP contribution is -2.43. The van der Waals surface area contributed by atoms with Crippen LogP contribution < -0.4 is 0 Å². The monoisotopic (exact) mass is 334 g/mol. The molecular formula is C18H22O4S. The second kappa shape index (κ2) is 7.81. The van der Waals surface area contributed by atoms with Gasteiger partial charge in [0.2, 0.25) is 5.60 Å². The van der Waals surface area contributed by atoms with E-state index in [1.807, 2.05) is 56.3 Å². The van der Waals surface area contributed by atoms with Gasteiger partial charge in [0.25, 0.3) is 0 Å². The summed E-state index contributed by atoms with van der Waals surface area (Å²) in [6.45, 7) is 3.78. The molecule has 0 saturated heterocycles. The standard InChI is InChI=1S/C18H22O4S/c1-13(2)23-16-12-15(14-6-4-3-5-7-14)8-9-18(16,17(20)21)22-11-10-19/h3-9,12-13,15,19H,10-11H2,1-2H3,(H,20,21). The molecule has 0 radical (unpaired) electrons. The number of allylic oxidation sites excluding steroid dienone is 2. The molecule has 1 aliphatic carbocycles. The Balaban J connectivity index is 2.40. The molecule has 5 heteroatoms. The summed E-state index contributed by atoms with van der Waals surface area (Å²) in [5.41, 5.74) is -0.407. The van der Waals surface area contributed by atoms with Gasteiger partial charge in [0.05, 0.1) is 13.2 Å². The summed E-state index contributed by atoms with van der Waals surface area (Å²) in [5.74, 6) is -1.05. The van der Waals surface area contributed by atoms with Crippen LogP contribution in [0, 0.1) is 0 Å². The van der Waals surface area contributed by atoms with Crippen LogP contribution in [0.15, 0.2) is 53.5 Å². The lowest BCUT2D eigenvalue weighted by atomic mass is 9.88. The van der Waals surface area contributed by atoms with E-state index in [2.05, 4.69) is 0 Å². The number of carboxylic acid groups (broad SMARTS) is 1. The van der Waals surface area contributed by atoms with E-state index in [4.69, 9.17) is 9.84 Å². The zero-order valence-electron chi connectivity index (χ0n) is 13.3. The van der Waals surface area contributed by atoms with Crippen molar-refractivity contribution in [3.05, 3.63) is 59.0 Å². The van der Waals surface area contributed by atoms with Gasteiger partial charge in [-0.2, -0.15) is 0 Å². The van der Waals surface area contributed by atoms with E-state index in [1.54, 1.807) is 6.08 Å². The van der Waals surface area contributed by atoms with Crippen LogP contribution in [0.4, 0.5) is 0 Å². The van der Waals surface area contributed by atoms with Gasteiger partial charge in [0.1, 0.15) is 0 Å². The summed E-state index contributed by atoms with van der Waals surface area (Å²) in [6.07, 6.45) is 5.41. The van der Waals surface area contributed by atoms with Crippen LogP contribution in [0.25, 0.3) is 0 Å². The zero-order valence-corrected chi connectivity index (χ0v) is 14.1. The summed E-state index contributed by atoms with van der Waals surface area (Å²) in [7, 11) is 0. The quantitative estimate of drug-likeness (QED) is 0.750. The predicted molar refractivity (Wildman–Crippen MR) is 92.5 cm³/mol. The predicted octanol–water partition coefficient (Wildman–Crippen LogP) is 3.20. The van der Waals surface area contributed by atoms with Crippen molar-refractivity contribution in [1.29, 1.82) is 0 Å². The summed E-state index contributed by atoms with van der Waals surface area (Å²) in [6, 6.07) is 9.92. The van der Waals surface area contributed by atoms with E-state index in [0.29, 0.717) is 4.91 Å². The Labute approximate surface area is 140 Å². The molecule has 23 heavy (non-hydrogen) atoms. The molecular weight excluding hydrogens is 312 g/mol. The van der Waals surface area contributed by atoms with E-state index < -0.39 is 11.6 Å². The fourth-order valence-electron chi connectivity index (χ4n) is 2.49. The van der Waals surface area contributed by atoms with Crippen LogP contribution >= 0.6 is 11.8 Å². The Kier molecular flexibility index (Phi) is 6.04. The molecule has 1 aliphatic rings. The van der Waals surface area contributed by atoms with Crippen LogP contribution in [0.2, 0.25) is 0 Å². The number of carbonyl (C=O) groups is 1. The first-order valence-electron chi connectivity index (χ1n) is 7.61. The summed E-state index contributed by atoms with van der Waals surface area (Å²) in [4.78, 5) is 12.6. The van der Waals surface area contributed by atoms with Crippen molar-refractivity contribution in [3.63, 3.8) is 0 Å². The Hall–Kier alpha value is -1.56. The molecule has 4 nitrogen and oxygen atoms in total. The van der Waals surface area contributed by atoms with Crippen molar-refractivity contribution in [1.82, 2.24) is 0 Å². The molecule has 2 rings (SSSR count). The molecule has 0 spiro atoms. The molecule has 124 valence electrons. The van der Waals surface area contributed by atoms with Gasteiger partial charge in [0, 0.05) is 16.1 Å². The molecule has 0 bridgehead atoms. The van der Waals surface area contributed by atoms with Crippen molar-refractivity contribution in [3.8, 4) is 0 Å². The number of benzene rings is 1. The van der Waals surface area contributed by atoms with Crippen molar-refractivity contribution in [2.45, 2.75) is 30.6 Å². The van der Waals surface area contributed by atoms with E-state index in [-0.39, 0.29) is 24.4 Å². The van der Waals surface area contributed by atoms with Crippen LogP contribution in [0.3, 0.4) is 0 Å². The zero-order chi connectivity index (χ0) is 16.9. The maximum atomic E-state index is 11.9. The Bertz CT molecular complexity index is 594. The van der Waals surface area contributed by atoms with Crippen molar-refractivity contribution in [2.75, 3.05) is 13.2 Å². The summed E-state index contributed by atoms with van der Waals surface area (Å²) < 4.78 is 5.55. The number of thioether (sulfide) groups is 1. The van der Waals surface area contributed by atoms with Gasteiger partial charge in [-0.25, -0.2) is 4.79 Å². The van der Waals surface area contributed by atoms with Crippen LogP contribution in [0.5, 0.6) is 0 Å². The number of rotatable bonds is 7. The highest BCUT2D eigenvalue weighted by atomic mass is 32.2. The Morgan fingerprint density at radius 3 is 2.61 bits per heavy atom. The van der Waals surface area contributed by atoms with E-state index >= 15 is 0 Å². The number of aliphatic hydroxyl groups excluding tert-OH is 1. The van der Waals surface area contributed by atoms with Gasteiger partial charge in [0.15, 0.2) is 0 Å². The highest BCUT2D eigenvalue weighted by molar-refractivity contribution is 8.03. The van der Waals surface area contributed by atoms with Crippen LogP contribution in [0.1, 0.15) is 25.3 Å². The molecule has 0 heterocycles. The number of aliphatic hydroxyl groups is 1. The maximum Gasteiger partial charge on any atom is 0.345 e. The lowest BCUT2D eigenvalue weighted by molar-refractivity contribution is -0.155. The molecule has 2 N–H and O–H groups in total. The lowest BCUT2D eigenvalue weighted by Gasteiger charge is -2.33. The van der Waals surface area contributed by atoms with E-state index in [0.717, 1.165) is 5.56 Å².